The van der Waals surface area contributed by atoms with Crippen molar-refractivity contribution in [3.8, 4) is 0 Å². The average Bonchev–Trinajstić information content (AvgIpc) is 3.56. The summed E-state index contributed by atoms with van der Waals surface area (Å²) in [6.07, 6.45) is 3.67. The zero-order chi connectivity index (χ0) is 26.7. The zero-order valence-electron chi connectivity index (χ0n) is 20.1. The van der Waals surface area contributed by atoms with Crippen molar-refractivity contribution in [2.75, 3.05) is 30.8 Å². The molecule has 1 aromatic carbocycles. The third-order valence-electron chi connectivity index (χ3n) is 5.92. The minimum Gasteiger partial charge on any atom is -0.348 e. The summed E-state index contributed by atoms with van der Waals surface area (Å²) in [7, 11) is -2.27. The maximum Gasteiger partial charge on any atom is 0.275 e. The molecule has 0 aliphatic carbocycles. The number of aromatic amines is 1. The Morgan fingerprint density at radius 3 is 2.76 bits per heavy atom. The van der Waals surface area contributed by atoms with Crippen molar-refractivity contribution in [1.82, 2.24) is 19.6 Å². The minimum atomic E-state index is -3.85. The molecule has 0 bridgehead atoms. The molecule has 3 aromatic rings. The molecular weight excluding hydrogens is 541 g/mol. The molecule has 2 N–H and O–H groups in total. The number of hydrogen-bond donors (Lipinski definition) is 2. The van der Waals surface area contributed by atoms with Crippen LogP contribution in [0.4, 0.5) is 10.1 Å². The van der Waals surface area contributed by atoms with E-state index < -0.39 is 27.7 Å². The first kappa shape index (κ1) is 26.8. The van der Waals surface area contributed by atoms with Crippen LogP contribution in [0.15, 0.2) is 48.4 Å². The van der Waals surface area contributed by atoms with Crippen LogP contribution in [0.1, 0.15) is 26.6 Å². The topological polar surface area (TPSA) is 115 Å². The summed E-state index contributed by atoms with van der Waals surface area (Å²) in [4.78, 5) is 36.8. The van der Waals surface area contributed by atoms with Gasteiger partial charge in [-0.1, -0.05) is 17.7 Å². The van der Waals surface area contributed by atoms with Crippen molar-refractivity contribution in [1.29, 1.82) is 0 Å². The number of thiophene rings is 1. The Labute approximate surface area is 223 Å². The van der Waals surface area contributed by atoms with Crippen LogP contribution in [0, 0.1) is 12.7 Å². The molecular formula is C24H25ClFN5O4S2. The number of imidazole rings is 1. The predicted molar refractivity (Wildman–Crippen MR) is 141 cm³/mol. The maximum atomic E-state index is 15.0. The van der Waals surface area contributed by atoms with E-state index in [1.807, 2.05) is 6.92 Å². The highest BCUT2D eigenvalue weighted by Gasteiger charge is 2.33. The van der Waals surface area contributed by atoms with Crippen LogP contribution in [0.5, 0.6) is 0 Å². The van der Waals surface area contributed by atoms with Crippen LogP contribution in [-0.2, 0) is 27.7 Å². The highest BCUT2D eigenvalue weighted by Crippen LogP contribution is 2.29. The van der Waals surface area contributed by atoms with Gasteiger partial charge < -0.3 is 9.88 Å². The number of carbonyl (C=O) groups excluding carboxylic acids is 2. The van der Waals surface area contributed by atoms with Gasteiger partial charge in [0.05, 0.1) is 33.4 Å². The molecule has 13 heteroatoms. The monoisotopic (exact) mass is 565 g/mol. The summed E-state index contributed by atoms with van der Waals surface area (Å²) in [5.74, 6) is -2.23. The lowest BCUT2D eigenvalue weighted by molar-refractivity contribution is -0.114. The summed E-state index contributed by atoms with van der Waals surface area (Å²) in [5, 5.41) is 0. The van der Waals surface area contributed by atoms with Crippen molar-refractivity contribution in [3.05, 3.63) is 80.4 Å². The normalized spacial score (nSPS) is 13.7. The van der Waals surface area contributed by atoms with Gasteiger partial charge in [0.25, 0.3) is 11.8 Å². The second-order valence-electron chi connectivity index (χ2n) is 8.50. The first-order chi connectivity index (χ1) is 17.6. The van der Waals surface area contributed by atoms with E-state index in [0.717, 1.165) is 27.2 Å². The summed E-state index contributed by atoms with van der Waals surface area (Å²) in [5.41, 5.74) is 1.33. The molecule has 0 saturated carbocycles. The van der Waals surface area contributed by atoms with E-state index in [9.17, 15) is 22.4 Å². The van der Waals surface area contributed by atoms with Gasteiger partial charge in [0.15, 0.2) is 0 Å². The second kappa shape index (κ2) is 11.0. The van der Waals surface area contributed by atoms with E-state index in [4.69, 9.17) is 11.6 Å². The van der Waals surface area contributed by atoms with E-state index >= 15 is 0 Å². The number of para-hydroxylation sites is 1. The molecule has 2 aromatic heterocycles. The number of halogens is 2. The van der Waals surface area contributed by atoms with Gasteiger partial charge in [0.1, 0.15) is 11.5 Å². The van der Waals surface area contributed by atoms with Crippen LogP contribution >= 0.6 is 22.9 Å². The Bertz CT molecular complexity index is 1470. The molecule has 0 spiro atoms. The SMILES string of the molecule is Cc1[nH]cnc1CCN(C)C(=O)c1cccc(F)c1N1CC=C(NS(=O)(=O)CCc2ccc(Cl)s2)C1=O. The number of hydrogen-bond acceptors (Lipinski definition) is 6. The molecule has 37 heavy (non-hydrogen) atoms. The fourth-order valence-electron chi connectivity index (χ4n) is 3.90. The van der Waals surface area contributed by atoms with E-state index in [1.54, 1.807) is 25.5 Å². The van der Waals surface area contributed by atoms with Crippen molar-refractivity contribution in [2.45, 2.75) is 19.8 Å². The highest BCUT2D eigenvalue weighted by atomic mass is 35.5. The third kappa shape index (κ3) is 6.20. The number of sulfonamides is 1. The van der Waals surface area contributed by atoms with Gasteiger partial charge in [0.2, 0.25) is 10.0 Å². The molecule has 196 valence electrons. The van der Waals surface area contributed by atoms with Crippen molar-refractivity contribution >= 4 is 50.5 Å². The van der Waals surface area contributed by atoms with E-state index in [-0.39, 0.29) is 35.7 Å². The number of benzene rings is 1. The number of likely N-dealkylation sites (N-methyl/N-ethyl adjacent to an activating group) is 1. The predicted octanol–water partition coefficient (Wildman–Crippen LogP) is 3.28. The quantitative estimate of drug-likeness (QED) is 0.391. The van der Waals surface area contributed by atoms with Gasteiger partial charge in [-0.2, -0.15) is 0 Å². The molecule has 2 amide bonds. The molecule has 1 aliphatic rings. The van der Waals surface area contributed by atoms with E-state index in [2.05, 4.69) is 14.7 Å². The van der Waals surface area contributed by atoms with Gasteiger partial charge in [-0.15, -0.1) is 11.3 Å². The van der Waals surface area contributed by atoms with Crippen molar-refractivity contribution < 1.29 is 22.4 Å². The molecule has 4 rings (SSSR count). The lowest BCUT2D eigenvalue weighted by Gasteiger charge is -2.24. The van der Waals surface area contributed by atoms with Crippen LogP contribution in [-0.4, -0.2) is 61.0 Å². The first-order valence-electron chi connectivity index (χ1n) is 11.4. The number of anilines is 1. The van der Waals surface area contributed by atoms with E-state index in [1.165, 1.54) is 34.4 Å². The fraction of sp³-hybridized carbons (Fsp3) is 0.292. The minimum absolute atomic E-state index is 0.00156. The third-order valence-corrected chi connectivity index (χ3v) is 8.48. The largest absolute Gasteiger partial charge is 0.348 e. The standard InChI is InChI=1S/C24H25ClFN5O4S2/c1-15-19(28-14-27-15)8-11-30(2)23(32)17-4-3-5-18(26)22(17)31-12-9-20(24(31)33)29-37(34,35)13-10-16-6-7-21(25)36-16/h3-7,9,14,29H,8,10-13H2,1-2H3,(H,27,28). The van der Waals surface area contributed by atoms with E-state index in [0.29, 0.717) is 17.3 Å². The van der Waals surface area contributed by atoms with Crippen molar-refractivity contribution in [2.24, 2.45) is 0 Å². The Balaban J connectivity index is 1.45. The first-order valence-corrected chi connectivity index (χ1v) is 14.2. The maximum absolute atomic E-state index is 15.0. The van der Waals surface area contributed by atoms with Crippen LogP contribution in [0.3, 0.4) is 0 Å². The lowest BCUT2D eigenvalue weighted by Crippen LogP contribution is -2.37. The summed E-state index contributed by atoms with van der Waals surface area (Å²) in [6, 6.07) is 7.42. The smallest absolute Gasteiger partial charge is 0.275 e. The highest BCUT2D eigenvalue weighted by molar-refractivity contribution is 7.89. The molecule has 0 unspecified atom stereocenters. The van der Waals surface area contributed by atoms with Gasteiger partial charge >= 0.3 is 0 Å². The average molecular weight is 566 g/mol. The number of H-pyrrole nitrogens is 1. The molecule has 9 nitrogen and oxygen atoms in total. The fourth-order valence-corrected chi connectivity index (χ4v) is 6.21. The Hall–Kier alpha value is -3.22. The molecule has 0 radical (unpaired) electrons. The number of amides is 2. The Morgan fingerprint density at radius 2 is 2.08 bits per heavy atom. The number of nitrogens with one attached hydrogen (secondary N) is 2. The molecule has 0 atom stereocenters. The number of nitrogens with zero attached hydrogens (tertiary/aromatic N) is 3. The number of rotatable bonds is 10. The van der Waals surface area contributed by atoms with Crippen molar-refractivity contribution in [3.63, 3.8) is 0 Å². The molecule has 1 aliphatic heterocycles. The summed E-state index contributed by atoms with van der Waals surface area (Å²) in [6.45, 7) is 2.12. The van der Waals surface area contributed by atoms with Gasteiger partial charge in [-0.25, -0.2) is 17.8 Å². The van der Waals surface area contributed by atoms with Crippen LogP contribution in [0.25, 0.3) is 0 Å². The Kier molecular flexibility index (Phi) is 8.00. The summed E-state index contributed by atoms with van der Waals surface area (Å²) < 4.78 is 43.0. The van der Waals surface area contributed by atoms with Crippen LogP contribution in [0.2, 0.25) is 4.34 Å². The Morgan fingerprint density at radius 1 is 1.30 bits per heavy atom. The number of aromatic nitrogens is 2. The van der Waals surface area contributed by atoms with Gasteiger partial charge in [0, 0.05) is 37.1 Å². The number of aryl methyl sites for hydroxylation is 2. The van der Waals surface area contributed by atoms with Gasteiger partial charge in [-0.3, -0.25) is 19.2 Å². The zero-order valence-corrected chi connectivity index (χ0v) is 22.5. The van der Waals surface area contributed by atoms with Crippen LogP contribution < -0.4 is 9.62 Å². The summed E-state index contributed by atoms with van der Waals surface area (Å²) >= 11 is 7.17. The van der Waals surface area contributed by atoms with Gasteiger partial charge in [-0.05, 0) is 43.7 Å². The lowest BCUT2D eigenvalue weighted by atomic mass is 10.1. The molecule has 0 saturated heterocycles. The molecule has 0 fully saturated rings. The molecule has 3 heterocycles. The second-order valence-corrected chi connectivity index (χ2v) is 12.1. The number of carbonyl (C=O) groups is 2.